The van der Waals surface area contributed by atoms with Gasteiger partial charge in [-0.25, -0.2) is 4.39 Å². The van der Waals surface area contributed by atoms with Gasteiger partial charge in [0.05, 0.1) is 12.0 Å². The Hall–Kier alpha value is -1.16. The third-order valence-corrected chi connectivity index (χ3v) is 3.45. The highest BCUT2D eigenvalue weighted by Crippen LogP contribution is 2.36. The molecule has 0 saturated heterocycles. The fourth-order valence-corrected chi connectivity index (χ4v) is 2.67. The van der Waals surface area contributed by atoms with E-state index in [1.165, 1.54) is 6.07 Å². The van der Waals surface area contributed by atoms with Gasteiger partial charge in [-0.15, -0.1) is 6.58 Å². The first-order valence-corrected chi connectivity index (χ1v) is 6.49. The number of carbonyl (C=O) groups is 1. The monoisotopic (exact) mass is 314 g/mol. The Kier molecular flexibility index (Phi) is 5.08. The van der Waals surface area contributed by atoms with Gasteiger partial charge in [0.1, 0.15) is 5.82 Å². The topological polar surface area (TPSA) is 26.3 Å². The lowest BCUT2D eigenvalue weighted by Gasteiger charge is -2.27. The Morgan fingerprint density at radius 2 is 2.28 bits per heavy atom. The van der Waals surface area contributed by atoms with Crippen molar-refractivity contribution in [3.63, 3.8) is 0 Å². The molecule has 1 aromatic rings. The van der Waals surface area contributed by atoms with Gasteiger partial charge in [-0.05, 0) is 32.4 Å². The lowest BCUT2D eigenvalue weighted by molar-refractivity contribution is -0.149. The number of halogens is 2. The first-order chi connectivity index (χ1) is 8.47. The molecule has 0 amide bonds. The minimum absolute atomic E-state index is 0.262. The van der Waals surface area contributed by atoms with Gasteiger partial charge in [-0.2, -0.15) is 0 Å². The molecule has 0 aliphatic heterocycles. The van der Waals surface area contributed by atoms with Crippen LogP contribution in [0.3, 0.4) is 0 Å². The highest BCUT2D eigenvalue weighted by atomic mass is 79.9. The molecule has 0 fully saturated rings. The number of hydrogen-bond donors (Lipinski definition) is 0. The fourth-order valence-electron chi connectivity index (χ4n) is 1.89. The van der Waals surface area contributed by atoms with Crippen molar-refractivity contribution in [2.75, 3.05) is 6.61 Å². The maximum Gasteiger partial charge on any atom is 0.316 e. The van der Waals surface area contributed by atoms with Crippen LogP contribution >= 0.6 is 15.9 Å². The van der Waals surface area contributed by atoms with E-state index in [1.54, 1.807) is 32.1 Å². The predicted octanol–water partition coefficient (Wildman–Crippen LogP) is 3.99. The van der Waals surface area contributed by atoms with E-state index in [0.29, 0.717) is 16.5 Å². The molecule has 0 aliphatic carbocycles. The van der Waals surface area contributed by atoms with E-state index >= 15 is 0 Å². The van der Waals surface area contributed by atoms with Gasteiger partial charge in [-0.1, -0.05) is 28.1 Å². The van der Waals surface area contributed by atoms with E-state index in [9.17, 15) is 9.18 Å². The first-order valence-electron chi connectivity index (χ1n) is 5.70. The lowest BCUT2D eigenvalue weighted by atomic mass is 9.79. The largest absolute Gasteiger partial charge is 0.465 e. The SMILES string of the molecule is C=CCC(C)(C(=O)OCC)c1c(F)cccc1Br. The molecule has 0 bridgehead atoms. The van der Waals surface area contributed by atoms with Crippen LogP contribution in [-0.2, 0) is 14.9 Å². The average Bonchev–Trinajstić information content (AvgIpc) is 2.29. The molecule has 1 aromatic carbocycles. The summed E-state index contributed by atoms with van der Waals surface area (Å²) in [5.41, 5.74) is -0.759. The lowest BCUT2D eigenvalue weighted by Crippen LogP contribution is -2.35. The molecule has 98 valence electrons. The molecular weight excluding hydrogens is 299 g/mol. The van der Waals surface area contributed by atoms with Crippen molar-refractivity contribution in [2.24, 2.45) is 0 Å². The number of esters is 1. The van der Waals surface area contributed by atoms with Gasteiger partial charge in [-0.3, -0.25) is 4.79 Å². The number of ether oxygens (including phenoxy) is 1. The molecule has 0 N–H and O–H groups in total. The quantitative estimate of drug-likeness (QED) is 0.607. The summed E-state index contributed by atoms with van der Waals surface area (Å²) in [6.07, 6.45) is 1.90. The second-order valence-corrected chi connectivity index (χ2v) is 5.00. The maximum atomic E-state index is 14.0. The van der Waals surface area contributed by atoms with E-state index in [-0.39, 0.29) is 6.61 Å². The molecule has 0 heterocycles. The molecular formula is C14H16BrFO2. The summed E-state index contributed by atoms with van der Waals surface area (Å²) in [5, 5.41) is 0. The van der Waals surface area contributed by atoms with Gasteiger partial charge >= 0.3 is 5.97 Å². The predicted molar refractivity (Wildman–Crippen MR) is 72.9 cm³/mol. The smallest absolute Gasteiger partial charge is 0.316 e. The van der Waals surface area contributed by atoms with E-state index in [1.807, 2.05) is 0 Å². The Labute approximate surface area is 115 Å². The minimum Gasteiger partial charge on any atom is -0.465 e. The Morgan fingerprint density at radius 1 is 1.61 bits per heavy atom. The summed E-state index contributed by atoms with van der Waals surface area (Å²) in [4.78, 5) is 12.1. The third-order valence-electron chi connectivity index (χ3n) is 2.79. The van der Waals surface area contributed by atoms with Gasteiger partial charge in [0, 0.05) is 10.0 Å². The number of rotatable bonds is 5. The minimum atomic E-state index is -1.07. The van der Waals surface area contributed by atoms with Gasteiger partial charge in [0.25, 0.3) is 0 Å². The molecule has 0 spiro atoms. The van der Waals surface area contributed by atoms with E-state index < -0.39 is 17.2 Å². The molecule has 0 aliphatic rings. The summed E-state index contributed by atoms with van der Waals surface area (Å²) >= 11 is 3.29. The molecule has 4 heteroatoms. The molecule has 18 heavy (non-hydrogen) atoms. The summed E-state index contributed by atoms with van der Waals surface area (Å²) in [6, 6.07) is 4.63. The third kappa shape index (κ3) is 2.80. The van der Waals surface area contributed by atoms with Crippen LogP contribution in [0, 0.1) is 5.82 Å². The summed E-state index contributed by atoms with van der Waals surface area (Å²) in [5.74, 6) is -0.877. The van der Waals surface area contributed by atoms with E-state index in [4.69, 9.17) is 4.74 Å². The summed E-state index contributed by atoms with van der Waals surface area (Å²) < 4.78 is 19.6. The summed E-state index contributed by atoms with van der Waals surface area (Å²) in [7, 11) is 0. The van der Waals surface area contributed by atoms with E-state index in [0.717, 1.165) is 0 Å². The van der Waals surface area contributed by atoms with Gasteiger partial charge in [0.2, 0.25) is 0 Å². The van der Waals surface area contributed by atoms with Crippen molar-refractivity contribution in [2.45, 2.75) is 25.7 Å². The van der Waals surface area contributed by atoms with Crippen LogP contribution < -0.4 is 0 Å². The first kappa shape index (κ1) is 14.9. The normalized spacial score (nSPS) is 13.8. The Balaban J connectivity index is 3.35. The zero-order valence-corrected chi connectivity index (χ0v) is 12.1. The van der Waals surface area contributed by atoms with Crippen LogP contribution in [0.15, 0.2) is 35.3 Å². The van der Waals surface area contributed by atoms with Gasteiger partial charge in [0.15, 0.2) is 0 Å². The zero-order valence-electron chi connectivity index (χ0n) is 10.5. The van der Waals surface area contributed by atoms with Crippen LogP contribution in [-0.4, -0.2) is 12.6 Å². The standard InChI is InChI=1S/C14H16BrFO2/c1-4-9-14(3,13(17)18-5-2)12-10(15)7-6-8-11(12)16/h4,6-8H,1,5,9H2,2-3H3. The van der Waals surface area contributed by atoms with Crippen molar-refractivity contribution >= 4 is 21.9 Å². The fraction of sp³-hybridized carbons (Fsp3) is 0.357. The molecule has 0 aromatic heterocycles. The molecule has 0 radical (unpaired) electrons. The van der Waals surface area contributed by atoms with Crippen LogP contribution in [0.5, 0.6) is 0 Å². The van der Waals surface area contributed by atoms with Crippen molar-refractivity contribution in [3.8, 4) is 0 Å². The molecule has 1 rings (SSSR count). The van der Waals surface area contributed by atoms with Crippen LogP contribution in [0.4, 0.5) is 4.39 Å². The van der Waals surface area contributed by atoms with Crippen molar-refractivity contribution in [1.29, 1.82) is 0 Å². The molecule has 1 unspecified atom stereocenters. The zero-order chi connectivity index (χ0) is 13.8. The number of allylic oxidation sites excluding steroid dienone is 1. The van der Waals surface area contributed by atoms with Crippen LogP contribution in [0.2, 0.25) is 0 Å². The second-order valence-electron chi connectivity index (χ2n) is 4.14. The Morgan fingerprint density at radius 3 is 2.78 bits per heavy atom. The number of hydrogen-bond acceptors (Lipinski definition) is 2. The van der Waals surface area contributed by atoms with Crippen molar-refractivity contribution in [1.82, 2.24) is 0 Å². The van der Waals surface area contributed by atoms with Crippen molar-refractivity contribution in [3.05, 3.63) is 46.7 Å². The highest BCUT2D eigenvalue weighted by Gasteiger charge is 2.39. The molecule has 1 atom stereocenters. The maximum absolute atomic E-state index is 14.0. The van der Waals surface area contributed by atoms with Crippen LogP contribution in [0.1, 0.15) is 25.8 Å². The average molecular weight is 315 g/mol. The molecule has 2 nitrogen and oxygen atoms in total. The van der Waals surface area contributed by atoms with E-state index in [2.05, 4.69) is 22.5 Å². The molecule has 0 saturated carbocycles. The summed E-state index contributed by atoms with van der Waals surface area (Å²) in [6.45, 7) is 7.28. The van der Waals surface area contributed by atoms with Gasteiger partial charge < -0.3 is 4.74 Å². The van der Waals surface area contributed by atoms with Crippen molar-refractivity contribution < 1.29 is 13.9 Å². The number of benzene rings is 1. The highest BCUT2D eigenvalue weighted by molar-refractivity contribution is 9.10. The van der Waals surface area contributed by atoms with Crippen LogP contribution in [0.25, 0.3) is 0 Å². The Bertz CT molecular complexity index is 439. The number of carbonyl (C=O) groups excluding carboxylic acids is 1. The second kappa shape index (κ2) is 6.14.